The first-order valence-corrected chi connectivity index (χ1v) is 11.8. The number of carbonyl (C=O) groups excluding carboxylic acids is 2. The van der Waals surface area contributed by atoms with Gasteiger partial charge in [0, 0.05) is 25.7 Å². The second-order valence-corrected chi connectivity index (χ2v) is 9.17. The van der Waals surface area contributed by atoms with Crippen molar-refractivity contribution in [1.29, 1.82) is 0 Å². The molecule has 2 aromatic heterocycles. The summed E-state index contributed by atoms with van der Waals surface area (Å²) in [5.41, 5.74) is 4.90. The minimum Gasteiger partial charge on any atom is -0.373 e. The van der Waals surface area contributed by atoms with E-state index in [0.29, 0.717) is 5.52 Å². The third kappa shape index (κ3) is 4.15. The largest absolute Gasteiger partial charge is 0.373 e. The van der Waals surface area contributed by atoms with Gasteiger partial charge in [0.25, 0.3) is 12.3 Å². The van der Waals surface area contributed by atoms with Crippen LogP contribution in [0.1, 0.15) is 53.0 Å². The topological polar surface area (TPSA) is 111 Å². The van der Waals surface area contributed by atoms with Crippen LogP contribution in [0.4, 0.5) is 23.4 Å². The van der Waals surface area contributed by atoms with Gasteiger partial charge in [-0.1, -0.05) is 12.5 Å². The summed E-state index contributed by atoms with van der Waals surface area (Å²) in [5.74, 6) is 1.52. The maximum Gasteiger partial charge on any atom is 0.258 e. The van der Waals surface area contributed by atoms with Crippen LogP contribution >= 0.6 is 0 Å². The highest BCUT2D eigenvalue weighted by molar-refractivity contribution is 6.00. The zero-order valence-electron chi connectivity index (χ0n) is 20.2. The van der Waals surface area contributed by atoms with E-state index in [2.05, 4.69) is 33.8 Å². The summed E-state index contributed by atoms with van der Waals surface area (Å²) >= 11 is 0. The molecule has 9 nitrogen and oxygen atoms in total. The summed E-state index contributed by atoms with van der Waals surface area (Å²) in [7, 11) is 1.47. The molecule has 1 saturated carbocycles. The third-order valence-corrected chi connectivity index (χ3v) is 6.82. The molecule has 3 heterocycles. The van der Waals surface area contributed by atoms with Crippen molar-refractivity contribution in [3.05, 3.63) is 53.5 Å². The summed E-state index contributed by atoms with van der Waals surface area (Å²) in [6.45, 7) is 3.22. The number of nitrogens with one attached hydrogen (secondary N) is 1. The summed E-state index contributed by atoms with van der Waals surface area (Å²) in [6.07, 6.45) is 1.23. The summed E-state index contributed by atoms with van der Waals surface area (Å²) in [4.78, 5) is 29.5. The van der Waals surface area contributed by atoms with E-state index in [0.717, 1.165) is 29.9 Å². The molecule has 3 N–H and O–H groups in total. The van der Waals surface area contributed by atoms with Gasteiger partial charge in [0.15, 0.2) is 11.5 Å². The first kappa shape index (κ1) is 25.3. The molecule has 13 heteroatoms. The fourth-order valence-electron chi connectivity index (χ4n) is 4.87. The normalized spacial score (nSPS) is 19.1. The van der Waals surface area contributed by atoms with Gasteiger partial charge in [0.1, 0.15) is 22.7 Å². The Morgan fingerprint density at radius 3 is 2.61 bits per heavy atom. The smallest absolute Gasteiger partial charge is 0.258 e. The van der Waals surface area contributed by atoms with E-state index in [1.165, 1.54) is 18.1 Å². The van der Waals surface area contributed by atoms with Crippen LogP contribution in [0.3, 0.4) is 0 Å². The number of nitrogens with two attached hydrogens (primary N) is 1. The van der Waals surface area contributed by atoms with E-state index in [9.17, 15) is 22.8 Å². The molecule has 0 radical (unpaired) electrons. The molecule has 2 atom stereocenters. The number of carbonyl (C=O) groups is 2. The number of nitrogens with zero attached hydrogens (tertiary/aromatic N) is 5. The van der Waals surface area contributed by atoms with Crippen LogP contribution < -0.4 is 11.1 Å². The summed E-state index contributed by atoms with van der Waals surface area (Å²) in [6, 6.07) is -0.827. The number of hydrogen-bond acceptors (Lipinski definition) is 5. The number of anilines is 1. The fraction of sp³-hybridized carbons (Fsp3) is 0.360. The minimum atomic E-state index is -2.82. The number of halogens is 4. The number of rotatable bonds is 6. The first-order chi connectivity index (χ1) is 18.2. The second-order valence-electron chi connectivity index (χ2n) is 9.17. The summed E-state index contributed by atoms with van der Waals surface area (Å²) in [5, 5.41) is 7.05. The van der Waals surface area contributed by atoms with Crippen LogP contribution in [-0.4, -0.2) is 62.1 Å². The number of imidazole rings is 1. The van der Waals surface area contributed by atoms with E-state index in [-0.39, 0.29) is 41.6 Å². The Morgan fingerprint density at radius 2 is 2.00 bits per heavy atom. The molecule has 2 aliphatic rings. The molecule has 2 fully saturated rings. The average molecular weight is 529 g/mol. The van der Waals surface area contributed by atoms with Crippen LogP contribution in [0, 0.1) is 23.5 Å². The van der Waals surface area contributed by atoms with Crippen molar-refractivity contribution in [3.8, 4) is 11.8 Å². The lowest BCUT2D eigenvalue weighted by atomic mass is 10.1. The lowest BCUT2D eigenvalue weighted by molar-refractivity contribution is -0.129. The average Bonchev–Trinajstić information content (AvgIpc) is 3.31. The molecule has 1 aliphatic heterocycles. The third-order valence-electron chi connectivity index (χ3n) is 6.82. The molecular formula is C25H23F4N7O2. The molecule has 1 unspecified atom stereocenters. The lowest BCUT2D eigenvalue weighted by Gasteiger charge is -2.21. The monoisotopic (exact) mass is 529 g/mol. The molecule has 1 aliphatic carbocycles. The number of benzene rings is 1. The molecule has 38 heavy (non-hydrogen) atoms. The van der Waals surface area contributed by atoms with Crippen molar-refractivity contribution < 1.29 is 27.2 Å². The Labute approximate surface area is 214 Å². The van der Waals surface area contributed by atoms with Gasteiger partial charge < -0.3 is 20.5 Å². The number of aromatic nitrogens is 4. The van der Waals surface area contributed by atoms with E-state index in [1.54, 1.807) is 4.57 Å². The van der Waals surface area contributed by atoms with E-state index in [1.807, 2.05) is 0 Å². The van der Waals surface area contributed by atoms with Crippen molar-refractivity contribution in [2.75, 3.05) is 18.9 Å². The van der Waals surface area contributed by atoms with Crippen LogP contribution in [0.15, 0.2) is 25.0 Å². The van der Waals surface area contributed by atoms with Gasteiger partial charge in [0.05, 0.1) is 29.5 Å². The maximum absolute atomic E-state index is 15.2. The molecule has 1 aromatic carbocycles. The van der Waals surface area contributed by atoms with Crippen LogP contribution in [0.25, 0.3) is 11.0 Å². The van der Waals surface area contributed by atoms with Crippen molar-refractivity contribution in [3.63, 3.8) is 0 Å². The van der Waals surface area contributed by atoms with Gasteiger partial charge in [-0.05, 0) is 31.3 Å². The summed E-state index contributed by atoms with van der Waals surface area (Å²) < 4.78 is 60.4. The van der Waals surface area contributed by atoms with Gasteiger partial charge in [-0.2, -0.15) is 5.10 Å². The molecule has 198 valence electrons. The zero-order valence-corrected chi connectivity index (χ0v) is 20.2. The van der Waals surface area contributed by atoms with Crippen molar-refractivity contribution in [1.82, 2.24) is 24.2 Å². The Hall–Kier alpha value is -4.34. The van der Waals surface area contributed by atoms with Crippen molar-refractivity contribution in [2.45, 2.75) is 43.8 Å². The highest BCUT2D eigenvalue weighted by Crippen LogP contribution is 2.38. The number of amides is 2. The van der Waals surface area contributed by atoms with E-state index in [4.69, 9.17) is 5.73 Å². The molecule has 0 spiro atoms. The molecule has 3 aromatic rings. The quantitative estimate of drug-likeness (QED) is 0.290. The number of likely N-dealkylation sites (tertiary alicyclic amines) is 1. The molecule has 1 saturated heterocycles. The zero-order chi connectivity index (χ0) is 27.3. The predicted molar refractivity (Wildman–Crippen MR) is 130 cm³/mol. The first-order valence-electron chi connectivity index (χ1n) is 11.8. The number of alkyl halides is 2. The fourth-order valence-corrected chi connectivity index (χ4v) is 4.87. The highest BCUT2D eigenvalue weighted by atomic mass is 19.3. The van der Waals surface area contributed by atoms with Gasteiger partial charge >= 0.3 is 0 Å². The van der Waals surface area contributed by atoms with Crippen molar-refractivity contribution in [2.24, 2.45) is 5.73 Å². The predicted octanol–water partition coefficient (Wildman–Crippen LogP) is 2.98. The van der Waals surface area contributed by atoms with Crippen LogP contribution in [0.5, 0.6) is 0 Å². The molecule has 2 amide bonds. The van der Waals surface area contributed by atoms with Crippen LogP contribution in [-0.2, 0) is 4.79 Å². The molecule has 5 rings (SSSR count). The Balaban J connectivity index is 1.56. The number of hydrogen-bond donors (Lipinski definition) is 2. The van der Waals surface area contributed by atoms with Crippen molar-refractivity contribution >= 4 is 28.7 Å². The standard InChI is InChI=1S/C25H23F4N7O2/c1-3-19(37)34-10-13(8-18(34)23(28)29)36-25(31-2)20(24(30)38)16(33-36)7-6-14-15(26)9-17-22(21(14)27)32-11-35(17)12-4-5-12/h3,9,11-13,18,23,31H,1,4-5,8,10H2,2H3,(H2,30,38)/t13?,18-/m1/s1. The van der Waals surface area contributed by atoms with Gasteiger partial charge in [0.2, 0.25) is 5.91 Å². The molecular weight excluding hydrogens is 506 g/mol. The maximum atomic E-state index is 15.2. The molecule has 0 bridgehead atoms. The highest BCUT2D eigenvalue weighted by Gasteiger charge is 2.42. The lowest BCUT2D eigenvalue weighted by Crippen LogP contribution is -2.38. The Bertz CT molecular complexity index is 1530. The Morgan fingerprint density at radius 1 is 1.26 bits per heavy atom. The van der Waals surface area contributed by atoms with E-state index >= 15 is 4.39 Å². The number of primary amides is 1. The second kappa shape index (κ2) is 9.51. The van der Waals surface area contributed by atoms with Gasteiger partial charge in [-0.15, -0.1) is 0 Å². The SMILES string of the molecule is C=CC(=O)N1CC(n2nc(C#Cc3c(F)cc4c(ncn4C4CC4)c3F)c(C(N)=O)c2NC)C[C@@H]1C(F)F. The number of fused-ring (bicyclic) bond motifs is 1. The van der Waals surface area contributed by atoms with E-state index < -0.39 is 47.5 Å². The van der Waals surface area contributed by atoms with Crippen LogP contribution in [0.2, 0.25) is 0 Å². The Kier molecular flexibility index (Phi) is 6.34. The van der Waals surface area contributed by atoms with Gasteiger partial charge in [-0.3, -0.25) is 9.59 Å². The minimum absolute atomic E-state index is 0.0323. The van der Waals surface area contributed by atoms with Gasteiger partial charge in [-0.25, -0.2) is 27.2 Å².